The molecule has 4 N–H and O–H groups in total. The van der Waals surface area contributed by atoms with Crippen LogP contribution in [0.2, 0.25) is 0 Å². The molecule has 0 unspecified atom stereocenters. The maximum atomic E-state index is 11.8. The number of fused-ring (bicyclic) bond motifs is 1. The van der Waals surface area contributed by atoms with Crippen molar-refractivity contribution in [2.24, 2.45) is 5.73 Å². The number of esters is 2. The number of carbonyl (C=O) groups is 2. The van der Waals surface area contributed by atoms with Gasteiger partial charge in [-0.25, -0.2) is 9.59 Å². The number of nitrogens with two attached hydrogens (primary N) is 2. The smallest absolute Gasteiger partial charge is 0.345 e. The van der Waals surface area contributed by atoms with E-state index >= 15 is 0 Å². The van der Waals surface area contributed by atoms with Crippen molar-refractivity contribution in [3.8, 4) is 0 Å². The van der Waals surface area contributed by atoms with Gasteiger partial charge in [0, 0.05) is 11.1 Å². The quantitative estimate of drug-likeness (QED) is 0.483. The van der Waals surface area contributed by atoms with E-state index in [9.17, 15) is 9.59 Å². The zero-order valence-electron chi connectivity index (χ0n) is 10.4. The van der Waals surface area contributed by atoms with E-state index in [4.69, 9.17) is 11.5 Å². The van der Waals surface area contributed by atoms with E-state index < -0.39 is 18.0 Å². The molecule has 0 saturated carbocycles. The van der Waals surface area contributed by atoms with Gasteiger partial charge in [0.05, 0.1) is 5.56 Å². The number of anilines is 1. The summed E-state index contributed by atoms with van der Waals surface area (Å²) in [7, 11) is 0. The van der Waals surface area contributed by atoms with E-state index in [1.165, 1.54) is 6.92 Å². The fraction of sp³-hybridized carbons (Fsp3) is 0.143. The molecule has 2 aromatic rings. The number of hydrogen-bond acceptors (Lipinski definition) is 5. The van der Waals surface area contributed by atoms with Gasteiger partial charge in [0.25, 0.3) is 0 Å². The van der Waals surface area contributed by atoms with Crippen molar-refractivity contribution in [3.63, 3.8) is 0 Å². The molecule has 5 nitrogen and oxygen atoms in total. The molecule has 0 amide bonds. The van der Waals surface area contributed by atoms with Crippen molar-refractivity contribution >= 4 is 28.4 Å². The van der Waals surface area contributed by atoms with Crippen molar-refractivity contribution in [3.05, 3.63) is 42.0 Å². The zero-order valence-corrected chi connectivity index (χ0v) is 10.4. The Labute approximate surface area is 110 Å². The van der Waals surface area contributed by atoms with Gasteiger partial charge in [-0.3, -0.25) is 0 Å². The number of nitrogen functional groups attached to an aromatic ring is 1. The van der Waals surface area contributed by atoms with Crippen LogP contribution >= 0.6 is 0 Å². The fourth-order valence-corrected chi connectivity index (χ4v) is 1.67. The molecule has 0 heterocycles. The molecule has 0 aliphatic rings. The van der Waals surface area contributed by atoms with Crippen LogP contribution in [0, 0.1) is 0 Å². The highest BCUT2D eigenvalue weighted by molar-refractivity contribution is 6.02. The minimum atomic E-state index is -0.838. The SMILES string of the molecule is C[C@H](N)C(=O)OC(=O)c1ccc2cccc(N)c2c1. The van der Waals surface area contributed by atoms with Crippen LogP contribution in [0.1, 0.15) is 17.3 Å². The van der Waals surface area contributed by atoms with Crippen LogP contribution < -0.4 is 11.5 Å². The summed E-state index contributed by atoms with van der Waals surface area (Å²) in [5, 5.41) is 1.65. The van der Waals surface area contributed by atoms with Crippen LogP contribution in [0.5, 0.6) is 0 Å². The van der Waals surface area contributed by atoms with Crippen molar-refractivity contribution in [1.29, 1.82) is 0 Å². The lowest BCUT2D eigenvalue weighted by Gasteiger charge is -2.07. The second-order valence-electron chi connectivity index (χ2n) is 4.28. The monoisotopic (exact) mass is 258 g/mol. The van der Waals surface area contributed by atoms with Gasteiger partial charge in [-0.05, 0) is 30.5 Å². The summed E-state index contributed by atoms with van der Waals surface area (Å²) in [4.78, 5) is 23.0. The minimum absolute atomic E-state index is 0.263. The Morgan fingerprint density at radius 2 is 1.95 bits per heavy atom. The number of carbonyl (C=O) groups excluding carboxylic acids is 2. The van der Waals surface area contributed by atoms with E-state index in [2.05, 4.69) is 4.74 Å². The highest BCUT2D eigenvalue weighted by Gasteiger charge is 2.16. The molecule has 0 aromatic heterocycles. The Kier molecular flexibility index (Phi) is 3.48. The normalized spacial score (nSPS) is 12.1. The van der Waals surface area contributed by atoms with E-state index in [-0.39, 0.29) is 5.56 Å². The second kappa shape index (κ2) is 5.07. The Bertz CT molecular complexity index is 650. The Hall–Kier alpha value is -2.40. The lowest BCUT2D eigenvalue weighted by atomic mass is 10.1. The first-order chi connectivity index (χ1) is 8.99. The van der Waals surface area contributed by atoms with E-state index in [1.807, 2.05) is 12.1 Å². The molecule has 2 aromatic carbocycles. The van der Waals surface area contributed by atoms with Gasteiger partial charge in [-0.15, -0.1) is 0 Å². The summed E-state index contributed by atoms with van der Waals surface area (Å²) in [6.45, 7) is 1.45. The molecule has 0 bridgehead atoms. The van der Waals surface area contributed by atoms with Crippen molar-refractivity contribution < 1.29 is 14.3 Å². The van der Waals surface area contributed by atoms with Crippen LogP contribution in [0.3, 0.4) is 0 Å². The standard InChI is InChI=1S/C14H14N2O3/c1-8(15)13(17)19-14(18)10-6-5-9-3-2-4-12(16)11(9)7-10/h2-8H,15-16H2,1H3/t8-/m0/s1. The average Bonchev–Trinajstić information content (AvgIpc) is 2.38. The first kappa shape index (κ1) is 13.0. The van der Waals surface area contributed by atoms with Crippen LogP contribution in [-0.2, 0) is 9.53 Å². The summed E-state index contributed by atoms with van der Waals surface area (Å²) in [6.07, 6.45) is 0. The van der Waals surface area contributed by atoms with Gasteiger partial charge >= 0.3 is 11.9 Å². The van der Waals surface area contributed by atoms with Crippen LogP contribution in [0.25, 0.3) is 10.8 Å². The first-order valence-electron chi connectivity index (χ1n) is 5.79. The third kappa shape index (κ3) is 2.71. The summed E-state index contributed by atoms with van der Waals surface area (Å²) in [6, 6.07) is 9.54. The molecule has 0 aliphatic carbocycles. The maximum Gasteiger partial charge on any atom is 0.345 e. The number of rotatable bonds is 2. The summed E-state index contributed by atoms with van der Waals surface area (Å²) in [5.41, 5.74) is 12.0. The number of ether oxygens (including phenoxy) is 1. The first-order valence-corrected chi connectivity index (χ1v) is 5.79. The summed E-state index contributed by atoms with van der Waals surface area (Å²) >= 11 is 0. The molecule has 0 spiro atoms. The molecule has 0 saturated heterocycles. The lowest BCUT2D eigenvalue weighted by molar-refractivity contribution is -0.139. The molecule has 5 heteroatoms. The Morgan fingerprint density at radius 3 is 2.63 bits per heavy atom. The van der Waals surface area contributed by atoms with E-state index in [0.717, 1.165) is 10.8 Å². The lowest BCUT2D eigenvalue weighted by Crippen LogP contribution is -2.30. The van der Waals surface area contributed by atoms with Crippen LogP contribution in [0.4, 0.5) is 5.69 Å². The minimum Gasteiger partial charge on any atom is -0.398 e. The predicted molar refractivity (Wildman–Crippen MR) is 72.4 cm³/mol. The Morgan fingerprint density at radius 1 is 1.21 bits per heavy atom. The third-order valence-electron chi connectivity index (χ3n) is 2.72. The largest absolute Gasteiger partial charge is 0.398 e. The van der Waals surface area contributed by atoms with Gasteiger partial charge in [0.2, 0.25) is 0 Å². The molecular formula is C14H14N2O3. The molecule has 2 rings (SSSR count). The molecular weight excluding hydrogens is 244 g/mol. The highest BCUT2D eigenvalue weighted by Crippen LogP contribution is 2.22. The molecule has 19 heavy (non-hydrogen) atoms. The van der Waals surface area contributed by atoms with Gasteiger partial charge in [-0.1, -0.05) is 18.2 Å². The molecule has 0 fully saturated rings. The van der Waals surface area contributed by atoms with Gasteiger partial charge in [0.15, 0.2) is 0 Å². The highest BCUT2D eigenvalue weighted by atomic mass is 16.6. The number of benzene rings is 2. The average molecular weight is 258 g/mol. The topological polar surface area (TPSA) is 95.4 Å². The van der Waals surface area contributed by atoms with Crippen LogP contribution in [0.15, 0.2) is 36.4 Å². The van der Waals surface area contributed by atoms with Crippen molar-refractivity contribution in [2.75, 3.05) is 5.73 Å². The summed E-state index contributed by atoms with van der Waals surface area (Å²) in [5.74, 6) is -1.49. The Balaban J connectivity index is 2.33. The van der Waals surface area contributed by atoms with E-state index in [1.54, 1.807) is 24.3 Å². The number of hydrogen-bond donors (Lipinski definition) is 2. The van der Waals surface area contributed by atoms with Crippen molar-refractivity contribution in [1.82, 2.24) is 0 Å². The third-order valence-corrected chi connectivity index (χ3v) is 2.72. The summed E-state index contributed by atoms with van der Waals surface area (Å²) < 4.78 is 4.64. The predicted octanol–water partition coefficient (Wildman–Crippen LogP) is 1.45. The van der Waals surface area contributed by atoms with Gasteiger partial charge < -0.3 is 16.2 Å². The molecule has 0 radical (unpaired) electrons. The van der Waals surface area contributed by atoms with Gasteiger partial charge in [-0.2, -0.15) is 0 Å². The van der Waals surface area contributed by atoms with Gasteiger partial charge in [0.1, 0.15) is 6.04 Å². The van der Waals surface area contributed by atoms with E-state index in [0.29, 0.717) is 5.69 Å². The zero-order chi connectivity index (χ0) is 14.0. The van der Waals surface area contributed by atoms with Crippen LogP contribution in [-0.4, -0.2) is 18.0 Å². The second-order valence-corrected chi connectivity index (χ2v) is 4.28. The maximum absolute atomic E-state index is 11.8. The fourth-order valence-electron chi connectivity index (χ4n) is 1.67. The molecule has 0 aliphatic heterocycles. The molecule has 1 atom stereocenters. The van der Waals surface area contributed by atoms with Crippen molar-refractivity contribution in [2.45, 2.75) is 13.0 Å². The molecule has 98 valence electrons.